The number of benzene rings is 1. The molecule has 2 N–H and O–H groups in total. The molecule has 4 heterocycles. The number of hydrogen-bond acceptors (Lipinski definition) is 6. The van der Waals surface area contributed by atoms with E-state index in [0.717, 1.165) is 27.7 Å². The molecule has 3 aromatic heterocycles. The number of aromatic nitrogens is 1. The molecule has 0 aliphatic carbocycles. The minimum atomic E-state index is -0.395. The summed E-state index contributed by atoms with van der Waals surface area (Å²) in [5.41, 5.74) is 4.29. The van der Waals surface area contributed by atoms with E-state index in [1.807, 2.05) is 19.1 Å². The number of anilines is 1. The number of furan rings is 1. The number of aromatic amines is 1. The van der Waals surface area contributed by atoms with Gasteiger partial charge in [0.25, 0.3) is 11.8 Å². The Labute approximate surface area is 193 Å². The van der Waals surface area contributed by atoms with Crippen molar-refractivity contribution >= 4 is 45.0 Å². The zero-order valence-electron chi connectivity index (χ0n) is 18.1. The van der Waals surface area contributed by atoms with Gasteiger partial charge in [0.2, 0.25) is 0 Å². The average molecular weight is 464 g/mol. The molecule has 8 nitrogen and oxygen atoms in total. The van der Waals surface area contributed by atoms with Gasteiger partial charge in [-0.3, -0.25) is 9.59 Å². The van der Waals surface area contributed by atoms with Gasteiger partial charge in [-0.15, -0.1) is 11.3 Å². The van der Waals surface area contributed by atoms with Crippen LogP contribution in [0.25, 0.3) is 10.9 Å². The second-order valence-electron chi connectivity index (χ2n) is 7.86. The van der Waals surface area contributed by atoms with E-state index in [-0.39, 0.29) is 17.6 Å². The van der Waals surface area contributed by atoms with E-state index in [0.29, 0.717) is 35.0 Å². The summed E-state index contributed by atoms with van der Waals surface area (Å²) < 4.78 is 9.97. The molecule has 168 valence electrons. The molecule has 0 saturated carbocycles. The van der Waals surface area contributed by atoms with Crippen molar-refractivity contribution in [2.45, 2.75) is 19.9 Å². The molecule has 0 spiro atoms. The smallest absolute Gasteiger partial charge is 0.337 e. The molecule has 33 heavy (non-hydrogen) atoms. The molecular formula is C24H21N3O5S. The van der Waals surface area contributed by atoms with Crippen molar-refractivity contribution in [3.63, 3.8) is 0 Å². The molecule has 0 unspecified atom stereocenters. The first kappa shape index (κ1) is 21.0. The van der Waals surface area contributed by atoms with Crippen LogP contribution in [-0.2, 0) is 17.7 Å². The van der Waals surface area contributed by atoms with Gasteiger partial charge in [0.05, 0.1) is 28.8 Å². The highest BCUT2D eigenvalue weighted by Crippen LogP contribution is 2.32. The Morgan fingerprint density at radius 1 is 1.21 bits per heavy atom. The van der Waals surface area contributed by atoms with Gasteiger partial charge in [0.15, 0.2) is 5.76 Å². The van der Waals surface area contributed by atoms with Crippen LogP contribution in [-0.4, -0.2) is 41.3 Å². The summed E-state index contributed by atoms with van der Waals surface area (Å²) in [6.45, 7) is 2.87. The third-order valence-corrected chi connectivity index (χ3v) is 6.92. The maximum atomic E-state index is 13.4. The fraction of sp³-hybridized carbons (Fsp3) is 0.208. The van der Waals surface area contributed by atoms with Crippen molar-refractivity contribution in [2.75, 3.05) is 19.0 Å². The highest BCUT2D eigenvalue weighted by molar-refractivity contribution is 7.18. The largest absolute Gasteiger partial charge is 0.465 e. The lowest BCUT2D eigenvalue weighted by atomic mass is 10.0. The van der Waals surface area contributed by atoms with Gasteiger partial charge in [-0.2, -0.15) is 0 Å². The monoisotopic (exact) mass is 463 g/mol. The number of H-pyrrole nitrogens is 1. The van der Waals surface area contributed by atoms with Crippen LogP contribution in [0.5, 0.6) is 0 Å². The molecule has 2 amide bonds. The number of fused-ring (bicyclic) bond motifs is 3. The van der Waals surface area contributed by atoms with Crippen molar-refractivity contribution in [2.24, 2.45) is 0 Å². The van der Waals surface area contributed by atoms with E-state index in [9.17, 15) is 14.4 Å². The fourth-order valence-corrected chi connectivity index (χ4v) is 5.15. The van der Waals surface area contributed by atoms with E-state index in [1.165, 1.54) is 24.7 Å². The zero-order valence-corrected chi connectivity index (χ0v) is 18.9. The highest BCUT2D eigenvalue weighted by atomic mass is 32.1. The minimum absolute atomic E-state index is 0.0832. The molecule has 1 aromatic carbocycles. The average Bonchev–Trinajstić information content (AvgIpc) is 3.56. The predicted molar refractivity (Wildman–Crippen MR) is 124 cm³/mol. The Bertz CT molecular complexity index is 1380. The molecule has 5 rings (SSSR count). The molecule has 1 aliphatic rings. The number of rotatable bonds is 4. The number of nitrogens with one attached hydrogen (secondary N) is 2. The molecule has 4 aromatic rings. The summed E-state index contributed by atoms with van der Waals surface area (Å²) in [6, 6.07) is 10.4. The Hall–Kier alpha value is -3.85. The number of ether oxygens (including phenoxy) is 1. The van der Waals surface area contributed by atoms with Crippen LogP contribution in [0.15, 0.2) is 47.1 Å². The maximum absolute atomic E-state index is 13.4. The quantitative estimate of drug-likeness (QED) is 0.438. The van der Waals surface area contributed by atoms with Crippen molar-refractivity contribution in [1.82, 2.24) is 9.88 Å². The Kier molecular flexibility index (Phi) is 5.26. The molecular weight excluding hydrogens is 442 g/mol. The van der Waals surface area contributed by atoms with Gasteiger partial charge in [0, 0.05) is 41.7 Å². The first-order chi connectivity index (χ1) is 15.9. The van der Waals surface area contributed by atoms with E-state index in [4.69, 9.17) is 9.15 Å². The van der Waals surface area contributed by atoms with Crippen LogP contribution >= 0.6 is 11.3 Å². The van der Waals surface area contributed by atoms with Crippen LogP contribution in [0, 0.1) is 6.92 Å². The molecule has 0 saturated heterocycles. The number of aryl methyl sites for hydroxylation is 1. The van der Waals surface area contributed by atoms with Crippen LogP contribution in [0.4, 0.5) is 5.00 Å². The third kappa shape index (κ3) is 3.80. The zero-order chi connectivity index (χ0) is 23.1. The second-order valence-corrected chi connectivity index (χ2v) is 8.92. The third-order valence-electron chi connectivity index (χ3n) is 5.78. The Morgan fingerprint density at radius 3 is 2.82 bits per heavy atom. The number of carbonyl (C=O) groups excluding carboxylic acids is 3. The Balaban J connectivity index is 1.38. The van der Waals surface area contributed by atoms with Gasteiger partial charge in [0.1, 0.15) is 0 Å². The van der Waals surface area contributed by atoms with E-state index < -0.39 is 5.97 Å². The number of hydrogen-bond donors (Lipinski definition) is 2. The van der Waals surface area contributed by atoms with Gasteiger partial charge >= 0.3 is 5.97 Å². The van der Waals surface area contributed by atoms with Gasteiger partial charge in [-0.1, -0.05) is 0 Å². The van der Waals surface area contributed by atoms with Crippen molar-refractivity contribution < 1.29 is 23.5 Å². The molecule has 1 aliphatic heterocycles. The van der Waals surface area contributed by atoms with Gasteiger partial charge < -0.3 is 24.4 Å². The molecule has 0 fully saturated rings. The lowest BCUT2D eigenvalue weighted by Crippen LogP contribution is -2.35. The fourth-order valence-electron chi connectivity index (χ4n) is 4.11. The molecule has 9 heteroatoms. The summed E-state index contributed by atoms with van der Waals surface area (Å²) in [5, 5.41) is 4.29. The maximum Gasteiger partial charge on any atom is 0.337 e. The van der Waals surface area contributed by atoms with Crippen molar-refractivity contribution in [1.29, 1.82) is 0 Å². The van der Waals surface area contributed by atoms with Crippen molar-refractivity contribution in [3.05, 3.63) is 75.7 Å². The van der Waals surface area contributed by atoms with E-state index >= 15 is 0 Å². The number of methoxy groups -OCH3 is 1. The summed E-state index contributed by atoms with van der Waals surface area (Å²) in [4.78, 5) is 43.4. The normalized spacial score (nSPS) is 13.1. The number of thiophene rings is 1. The lowest BCUT2D eigenvalue weighted by molar-refractivity contribution is 0.0600. The summed E-state index contributed by atoms with van der Waals surface area (Å²) in [5.74, 6) is -0.625. The van der Waals surface area contributed by atoms with E-state index in [1.54, 1.807) is 29.2 Å². The molecule has 0 atom stereocenters. The number of esters is 1. The van der Waals surface area contributed by atoms with Crippen LogP contribution in [0.1, 0.15) is 47.4 Å². The summed E-state index contributed by atoms with van der Waals surface area (Å²) >= 11 is 1.25. The highest BCUT2D eigenvalue weighted by Gasteiger charge is 2.27. The first-order valence-corrected chi connectivity index (χ1v) is 11.2. The van der Waals surface area contributed by atoms with Crippen LogP contribution in [0.2, 0.25) is 0 Å². The topological polar surface area (TPSA) is 105 Å². The minimum Gasteiger partial charge on any atom is -0.465 e. The SMILES string of the molecule is COC(=O)c1ccc2[nH]c3c(c2c1)CN(C(=O)c1sc(NC(=O)c2ccco2)cc1C)CC3. The molecule has 0 radical (unpaired) electrons. The van der Waals surface area contributed by atoms with Gasteiger partial charge in [-0.25, -0.2) is 4.79 Å². The lowest BCUT2D eigenvalue weighted by Gasteiger charge is -2.27. The number of amides is 2. The Morgan fingerprint density at radius 2 is 2.06 bits per heavy atom. The predicted octanol–water partition coefficient (Wildman–Crippen LogP) is 4.37. The summed E-state index contributed by atoms with van der Waals surface area (Å²) in [7, 11) is 1.36. The standard InChI is InChI=1S/C24H21N3O5S/c1-13-10-20(26-22(28)19-4-3-9-32-19)33-21(13)23(29)27-8-7-18-16(12-27)15-11-14(24(30)31-2)5-6-17(15)25-18/h3-6,9-11,25H,7-8,12H2,1-2H3,(H,26,28). The van der Waals surface area contributed by atoms with Crippen molar-refractivity contribution in [3.8, 4) is 0 Å². The first-order valence-electron chi connectivity index (χ1n) is 10.4. The van der Waals surface area contributed by atoms with Crippen LogP contribution < -0.4 is 5.32 Å². The van der Waals surface area contributed by atoms with E-state index in [2.05, 4.69) is 10.3 Å². The summed E-state index contributed by atoms with van der Waals surface area (Å²) in [6.07, 6.45) is 2.13. The van der Waals surface area contributed by atoms with Crippen LogP contribution in [0.3, 0.4) is 0 Å². The van der Waals surface area contributed by atoms with Gasteiger partial charge in [-0.05, 0) is 48.9 Å². The number of carbonyl (C=O) groups is 3. The number of nitrogens with zero attached hydrogens (tertiary/aromatic N) is 1. The second kappa shape index (κ2) is 8.25. The molecule has 0 bridgehead atoms.